The van der Waals surface area contributed by atoms with Crippen LogP contribution in [0.4, 0.5) is 0 Å². The molecule has 0 N–H and O–H groups in total. The van der Waals surface area contributed by atoms with Crippen LogP contribution in [0.3, 0.4) is 0 Å². The molecule has 0 atom stereocenters. The summed E-state index contributed by atoms with van der Waals surface area (Å²) in [5.74, 6) is 0.511. The molecule has 112 valence electrons. The second-order valence-corrected chi connectivity index (χ2v) is 5.03. The molecule has 0 spiro atoms. The Hall–Kier alpha value is -2.62. The molecule has 0 fully saturated rings. The van der Waals surface area contributed by atoms with Gasteiger partial charge in [-0.15, -0.1) is 0 Å². The third-order valence-electron chi connectivity index (χ3n) is 3.73. The highest BCUT2D eigenvalue weighted by Gasteiger charge is 2.11. The molecule has 0 aliphatic heterocycles. The Morgan fingerprint density at radius 3 is 2.45 bits per heavy atom. The minimum atomic E-state index is 0.300. The van der Waals surface area contributed by atoms with Crippen LogP contribution in [0.5, 0.6) is 11.9 Å². The SMILES string of the molecule is CCc1ccc2cc(-c3cnc(OC)nc3OC)ccc2c1. The van der Waals surface area contributed by atoms with Crippen molar-refractivity contribution >= 4 is 10.8 Å². The summed E-state index contributed by atoms with van der Waals surface area (Å²) >= 11 is 0. The first-order chi connectivity index (χ1) is 10.7. The normalized spacial score (nSPS) is 10.7. The van der Waals surface area contributed by atoms with E-state index in [9.17, 15) is 0 Å². The van der Waals surface area contributed by atoms with E-state index in [-0.39, 0.29) is 0 Å². The molecule has 3 aromatic rings. The molecule has 0 unspecified atom stereocenters. The van der Waals surface area contributed by atoms with Crippen LogP contribution in [0.15, 0.2) is 42.6 Å². The highest BCUT2D eigenvalue weighted by atomic mass is 16.5. The number of aromatic nitrogens is 2. The Labute approximate surface area is 129 Å². The molecule has 0 aliphatic rings. The minimum absolute atomic E-state index is 0.300. The Morgan fingerprint density at radius 1 is 0.955 bits per heavy atom. The monoisotopic (exact) mass is 294 g/mol. The van der Waals surface area contributed by atoms with Crippen LogP contribution in [0.1, 0.15) is 12.5 Å². The summed E-state index contributed by atoms with van der Waals surface area (Å²) < 4.78 is 10.4. The second kappa shape index (κ2) is 6.02. The van der Waals surface area contributed by atoms with E-state index in [1.807, 2.05) is 0 Å². The van der Waals surface area contributed by atoms with E-state index in [1.165, 1.54) is 23.4 Å². The number of ether oxygens (including phenoxy) is 2. The number of benzene rings is 2. The lowest BCUT2D eigenvalue weighted by atomic mass is 10.0. The average molecular weight is 294 g/mol. The van der Waals surface area contributed by atoms with E-state index in [4.69, 9.17) is 9.47 Å². The predicted molar refractivity (Wildman–Crippen MR) is 87.5 cm³/mol. The maximum atomic E-state index is 5.36. The number of nitrogens with zero attached hydrogens (tertiary/aromatic N) is 2. The fraction of sp³-hybridized carbons (Fsp3) is 0.222. The molecule has 0 radical (unpaired) electrons. The Balaban J connectivity index is 2.10. The lowest BCUT2D eigenvalue weighted by Crippen LogP contribution is -1.97. The van der Waals surface area contributed by atoms with Crippen LogP contribution >= 0.6 is 0 Å². The summed E-state index contributed by atoms with van der Waals surface area (Å²) in [6, 6.07) is 13.1. The zero-order valence-corrected chi connectivity index (χ0v) is 13.0. The fourth-order valence-corrected chi connectivity index (χ4v) is 2.49. The molecule has 0 aliphatic carbocycles. The van der Waals surface area contributed by atoms with Crippen molar-refractivity contribution in [3.8, 4) is 23.0 Å². The van der Waals surface area contributed by atoms with Gasteiger partial charge < -0.3 is 9.47 Å². The third kappa shape index (κ3) is 2.60. The topological polar surface area (TPSA) is 44.2 Å². The first kappa shape index (κ1) is 14.3. The summed E-state index contributed by atoms with van der Waals surface area (Å²) in [7, 11) is 3.13. The third-order valence-corrected chi connectivity index (χ3v) is 3.73. The maximum Gasteiger partial charge on any atom is 0.319 e. The molecule has 3 rings (SSSR count). The van der Waals surface area contributed by atoms with Crippen molar-refractivity contribution in [3.05, 3.63) is 48.2 Å². The van der Waals surface area contributed by atoms with Crippen molar-refractivity contribution < 1.29 is 9.47 Å². The van der Waals surface area contributed by atoms with E-state index >= 15 is 0 Å². The first-order valence-corrected chi connectivity index (χ1v) is 7.23. The lowest BCUT2D eigenvalue weighted by molar-refractivity contribution is 0.353. The largest absolute Gasteiger partial charge is 0.480 e. The molecule has 0 saturated heterocycles. The van der Waals surface area contributed by atoms with Gasteiger partial charge in [-0.3, -0.25) is 0 Å². The summed E-state index contributed by atoms with van der Waals surface area (Å²) in [4.78, 5) is 8.41. The molecule has 22 heavy (non-hydrogen) atoms. The minimum Gasteiger partial charge on any atom is -0.480 e. The molecule has 1 heterocycles. The molecule has 0 amide bonds. The number of fused-ring (bicyclic) bond motifs is 1. The average Bonchev–Trinajstić information content (AvgIpc) is 2.60. The van der Waals surface area contributed by atoms with Gasteiger partial charge >= 0.3 is 6.01 Å². The predicted octanol–water partition coefficient (Wildman–Crippen LogP) is 3.88. The van der Waals surface area contributed by atoms with Crippen molar-refractivity contribution in [3.63, 3.8) is 0 Å². The zero-order chi connectivity index (χ0) is 15.5. The number of methoxy groups -OCH3 is 2. The highest BCUT2D eigenvalue weighted by Crippen LogP contribution is 2.31. The molecule has 0 saturated carbocycles. The van der Waals surface area contributed by atoms with Gasteiger partial charge in [0.1, 0.15) is 0 Å². The molecule has 4 heteroatoms. The lowest BCUT2D eigenvalue weighted by Gasteiger charge is -2.09. The fourth-order valence-electron chi connectivity index (χ4n) is 2.49. The first-order valence-electron chi connectivity index (χ1n) is 7.23. The van der Waals surface area contributed by atoms with Gasteiger partial charge in [0.05, 0.1) is 19.8 Å². The summed E-state index contributed by atoms with van der Waals surface area (Å²) in [6.45, 7) is 2.16. The van der Waals surface area contributed by atoms with Crippen LogP contribution in [0.2, 0.25) is 0 Å². The number of rotatable bonds is 4. The van der Waals surface area contributed by atoms with Crippen molar-refractivity contribution in [2.45, 2.75) is 13.3 Å². The molecule has 0 bridgehead atoms. The number of aryl methyl sites for hydroxylation is 1. The quantitative estimate of drug-likeness (QED) is 0.732. The van der Waals surface area contributed by atoms with Crippen LogP contribution < -0.4 is 9.47 Å². The summed E-state index contributed by atoms with van der Waals surface area (Å²) in [6.07, 6.45) is 2.77. The van der Waals surface area contributed by atoms with E-state index in [1.54, 1.807) is 13.3 Å². The highest BCUT2D eigenvalue weighted by molar-refractivity contribution is 5.88. The Morgan fingerprint density at radius 2 is 1.73 bits per heavy atom. The molecular formula is C18H18N2O2. The van der Waals surface area contributed by atoms with Crippen molar-refractivity contribution in [1.82, 2.24) is 9.97 Å². The number of hydrogen-bond acceptors (Lipinski definition) is 4. The van der Waals surface area contributed by atoms with Crippen molar-refractivity contribution in [2.24, 2.45) is 0 Å². The second-order valence-electron chi connectivity index (χ2n) is 5.03. The summed E-state index contributed by atoms with van der Waals surface area (Å²) in [5.41, 5.74) is 3.21. The molecule has 2 aromatic carbocycles. The molecule has 1 aromatic heterocycles. The van der Waals surface area contributed by atoms with Crippen LogP contribution in [-0.2, 0) is 6.42 Å². The summed E-state index contributed by atoms with van der Waals surface area (Å²) in [5, 5.41) is 2.42. The number of hydrogen-bond donors (Lipinski definition) is 0. The van der Waals surface area contributed by atoms with Crippen molar-refractivity contribution in [1.29, 1.82) is 0 Å². The Bertz CT molecular complexity index is 815. The van der Waals surface area contributed by atoms with Gasteiger partial charge in [0, 0.05) is 6.20 Å². The van der Waals surface area contributed by atoms with Gasteiger partial charge in [-0.2, -0.15) is 4.98 Å². The standard InChI is InChI=1S/C18H18N2O2/c1-4-12-5-6-14-10-15(8-7-13(14)9-12)16-11-19-18(22-3)20-17(16)21-2/h5-11H,4H2,1-3H3. The van der Waals surface area contributed by atoms with Crippen LogP contribution in [0.25, 0.3) is 21.9 Å². The molecule has 4 nitrogen and oxygen atoms in total. The van der Waals surface area contributed by atoms with Gasteiger partial charge in [0.2, 0.25) is 5.88 Å². The Kier molecular flexibility index (Phi) is 3.92. The van der Waals surface area contributed by atoms with E-state index in [2.05, 4.69) is 53.3 Å². The van der Waals surface area contributed by atoms with Gasteiger partial charge in [0.15, 0.2) is 0 Å². The van der Waals surface area contributed by atoms with Gasteiger partial charge in [0.25, 0.3) is 0 Å². The van der Waals surface area contributed by atoms with E-state index in [0.29, 0.717) is 11.9 Å². The van der Waals surface area contributed by atoms with E-state index < -0.39 is 0 Å². The van der Waals surface area contributed by atoms with Gasteiger partial charge in [-0.05, 0) is 34.4 Å². The zero-order valence-electron chi connectivity index (χ0n) is 13.0. The maximum absolute atomic E-state index is 5.36. The van der Waals surface area contributed by atoms with Gasteiger partial charge in [-0.1, -0.05) is 37.3 Å². The van der Waals surface area contributed by atoms with Gasteiger partial charge in [-0.25, -0.2) is 4.98 Å². The van der Waals surface area contributed by atoms with E-state index in [0.717, 1.165) is 17.5 Å². The van der Waals surface area contributed by atoms with Crippen molar-refractivity contribution in [2.75, 3.05) is 14.2 Å². The molecular weight excluding hydrogens is 276 g/mol. The van der Waals surface area contributed by atoms with Crippen LogP contribution in [-0.4, -0.2) is 24.2 Å². The smallest absolute Gasteiger partial charge is 0.319 e. The van der Waals surface area contributed by atoms with Crippen LogP contribution in [0, 0.1) is 0 Å².